The molecule has 6 fully saturated rings. The molecular formula is C27H43NO3. The van der Waals surface area contributed by atoms with Gasteiger partial charge in [-0.05, 0) is 112 Å². The van der Waals surface area contributed by atoms with Crippen molar-refractivity contribution >= 4 is 5.97 Å². The molecule has 2 saturated heterocycles. The molecule has 0 aromatic carbocycles. The Hall–Kier alpha value is -0.610. The molecule has 31 heavy (non-hydrogen) atoms. The molecule has 174 valence electrons. The van der Waals surface area contributed by atoms with Crippen molar-refractivity contribution in [1.29, 1.82) is 0 Å². The predicted octanol–water partition coefficient (Wildman–Crippen LogP) is 5.05. The lowest BCUT2D eigenvalue weighted by atomic mass is 9.44. The van der Waals surface area contributed by atoms with Crippen LogP contribution in [0.15, 0.2) is 0 Å². The van der Waals surface area contributed by atoms with Gasteiger partial charge >= 0.3 is 5.97 Å². The van der Waals surface area contributed by atoms with Crippen molar-refractivity contribution in [3.63, 3.8) is 0 Å². The number of carbonyl (C=O) groups is 1. The van der Waals surface area contributed by atoms with Gasteiger partial charge in [-0.3, -0.25) is 9.69 Å². The Balaban J connectivity index is 1.30. The number of rotatable bonds is 2. The number of fused-ring (bicyclic) bond motifs is 6. The SMILES string of the molecule is CC(=O)O[C@H]1[C@@H](N2CCCC2)CC2C3CC[C@H]4C[C@@H]5CCO[C@@H]5C[C@]4(C)C3CC[C@@]21C. The van der Waals surface area contributed by atoms with Gasteiger partial charge in [0.05, 0.1) is 6.10 Å². The fourth-order valence-corrected chi connectivity index (χ4v) is 10.0. The predicted molar refractivity (Wildman–Crippen MR) is 120 cm³/mol. The average Bonchev–Trinajstić information content (AvgIpc) is 3.45. The lowest BCUT2D eigenvalue weighted by molar-refractivity contribution is -0.168. The van der Waals surface area contributed by atoms with Crippen LogP contribution in [-0.2, 0) is 14.3 Å². The highest BCUT2D eigenvalue weighted by atomic mass is 16.5. The Morgan fingerprint density at radius 1 is 1.00 bits per heavy atom. The van der Waals surface area contributed by atoms with Gasteiger partial charge in [0.15, 0.2) is 0 Å². The van der Waals surface area contributed by atoms with Gasteiger partial charge in [-0.1, -0.05) is 13.8 Å². The van der Waals surface area contributed by atoms with E-state index in [4.69, 9.17) is 9.47 Å². The molecule has 0 aromatic heterocycles. The van der Waals surface area contributed by atoms with Gasteiger partial charge in [-0.15, -0.1) is 0 Å². The summed E-state index contributed by atoms with van der Waals surface area (Å²) >= 11 is 0. The van der Waals surface area contributed by atoms with Crippen molar-refractivity contribution in [3.05, 3.63) is 0 Å². The number of esters is 1. The molecular weight excluding hydrogens is 386 g/mol. The molecule has 6 aliphatic rings. The Labute approximate surface area is 188 Å². The maximum absolute atomic E-state index is 12.1. The van der Waals surface area contributed by atoms with E-state index in [2.05, 4.69) is 18.7 Å². The Bertz CT molecular complexity index is 719. The molecule has 0 spiro atoms. The molecule has 6 rings (SSSR count). The third kappa shape index (κ3) is 3.10. The first kappa shape index (κ1) is 21.0. The first-order chi connectivity index (χ1) is 14.9. The maximum Gasteiger partial charge on any atom is 0.302 e. The van der Waals surface area contributed by atoms with Crippen molar-refractivity contribution < 1.29 is 14.3 Å². The number of hydrogen-bond acceptors (Lipinski definition) is 4. The Morgan fingerprint density at radius 2 is 1.81 bits per heavy atom. The highest BCUT2D eigenvalue weighted by Crippen LogP contribution is 2.68. The minimum atomic E-state index is -0.0782. The van der Waals surface area contributed by atoms with Gasteiger partial charge in [0.1, 0.15) is 6.10 Å². The second-order valence-corrected chi connectivity index (χ2v) is 12.7. The number of carbonyl (C=O) groups excluding carboxylic acids is 1. The summed E-state index contributed by atoms with van der Waals surface area (Å²) in [5.74, 6) is 4.02. The summed E-state index contributed by atoms with van der Waals surface area (Å²) in [4.78, 5) is 14.8. The van der Waals surface area contributed by atoms with E-state index < -0.39 is 0 Å². The summed E-state index contributed by atoms with van der Waals surface area (Å²) in [6.45, 7) is 10.1. The van der Waals surface area contributed by atoms with Crippen LogP contribution in [0.2, 0.25) is 0 Å². The average molecular weight is 430 g/mol. The zero-order valence-electron chi connectivity index (χ0n) is 20.0. The number of nitrogens with zero attached hydrogens (tertiary/aromatic N) is 1. The molecule has 4 aliphatic carbocycles. The van der Waals surface area contributed by atoms with E-state index in [0.717, 1.165) is 30.3 Å². The van der Waals surface area contributed by atoms with Crippen LogP contribution in [0.4, 0.5) is 0 Å². The van der Waals surface area contributed by atoms with Crippen molar-refractivity contribution in [2.75, 3.05) is 19.7 Å². The maximum atomic E-state index is 12.1. The first-order valence-electron chi connectivity index (χ1n) is 13.4. The van der Waals surface area contributed by atoms with E-state index in [-0.39, 0.29) is 17.5 Å². The Kier molecular flexibility index (Phi) is 5.04. The summed E-state index contributed by atoms with van der Waals surface area (Å²) in [5.41, 5.74) is 0.614. The monoisotopic (exact) mass is 429 g/mol. The van der Waals surface area contributed by atoms with Gasteiger partial charge in [-0.2, -0.15) is 0 Å². The minimum absolute atomic E-state index is 0.0782. The van der Waals surface area contributed by atoms with Crippen molar-refractivity contribution in [1.82, 2.24) is 4.90 Å². The highest BCUT2D eigenvalue weighted by Gasteiger charge is 2.65. The van der Waals surface area contributed by atoms with Crippen molar-refractivity contribution in [2.24, 2.45) is 40.4 Å². The highest BCUT2D eigenvalue weighted by molar-refractivity contribution is 5.66. The van der Waals surface area contributed by atoms with Gasteiger partial charge in [0, 0.05) is 25.0 Å². The molecule has 10 atom stereocenters. The van der Waals surface area contributed by atoms with E-state index in [1.165, 1.54) is 77.3 Å². The van der Waals surface area contributed by atoms with Gasteiger partial charge in [-0.25, -0.2) is 0 Å². The number of likely N-dealkylation sites (tertiary alicyclic amines) is 1. The summed E-state index contributed by atoms with van der Waals surface area (Å²) in [5, 5.41) is 0. The summed E-state index contributed by atoms with van der Waals surface area (Å²) < 4.78 is 12.4. The third-order valence-corrected chi connectivity index (χ3v) is 11.5. The number of hydrogen-bond donors (Lipinski definition) is 0. The van der Waals surface area contributed by atoms with E-state index in [1.54, 1.807) is 6.92 Å². The standard InChI is InChI=1S/C27H43NO3/c1-17(29)31-25-23(28-11-4-5-12-28)15-22-20-7-6-19-14-18-9-13-30-24(18)16-27(19,3)21(20)8-10-26(22,25)2/h18-25H,4-16H2,1-3H3/t18-,19-,20?,21?,22?,23-,24+,25-,26-,27-/m0/s1. The largest absolute Gasteiger partial charge is 0.460 e. The van der Waals surface area contributed by atoms with Crippen LogP contribution in [-0.4, -0.2) is 48.8 Å². The van der Waals surface area contributed by atoms with Crippen LogP contribution in [0.1, 0.15) is 85.0 Å². The second-order valence-electron chi connectivity index (χ2n) is 12.7. The van der Waals surface area contributed by atoms with E-state index in [0.29, 0.717) is 23.5 Å². The fourth-order valence-electron chi connectivity index (χ4n) is 10.0. The Morgan fingerprint density at radius 3 is 2.58 bits per heavy atom. The van der Waals surface area contributed by atoms with Crippen LogP contribution >= 0.6 is 0 Å². The summed E-state index contributed by atoms with van der Waals surface area (Å²) in [6.07, 6.45) is 13.9. The minimum Gasteiger partial charge on any atom is -0.460 e. The van der Waals surface area contributed by atoms with Gasteiger partial charge in [0.25, 0.3) is 0 Å². The van der Waals surface area contributed by atoms with E-state index in [1.807, 2.05) is 0 Å². The zero-order valence-corrected chi connectivity index (χ0v) is 20.0. The van der Waals surface area contributed by atoms with Crippen LogP contribution in [0.3, 0.4) is 0 Å². The molecule has 0 N–H and O–H groups in total. The molecule has 3 unspecified atom stereocenters. The smallest absolute Gasteiger partial charge is 0.302 e. The van der Waals surface area contributed by atoms with Gasteiger partial charge in [0.2, 0.25) is 0 Å². The molecule has 0 bridgehead atoms. The number of ether oxygens (including phenoxy) is 2. The fraction of sp³-hybridized carbons (Fsp3) is 0.963. The quantitative estimate of drug-likeness (QED) is 0.576. The van der Waals surface area contributed by atoms with Crippen molar-refractivity contribution in [2.45, 2.75) is 103 Å². The van der Waals surface area contributed by atoms with E-state index >= 15 is 0 Å². The van der Waals surface area contributed by atoms with Gasteiger partial charge < -0.3 is 9.47 Å². The summed E-state index contributed by atoms with van der Waals surface area (Å²) in [6, 6.07) is 0.444. The normalized spacial score (nSPS) is 54.0. The zero-order chi connectivity index (χ0) is 21.4. The summed E-state index contributed by atoms with van der Waals surface area (Å²) in [7, 11) is 0. The molecule has 0 radical (unpaired) electrons. The molecule has 0 aromatic rings. The second kappa shape index (κ2) is 7.45. The topological polar surface area (TPSA) is 38.8 Å². The third-order valence-electron chi connectivity index (χ3n) is 11.5. The molecule has 4 nitrogen and oxygen atoms in total. The van der Waals surface area contributed by atoms with Crippen LogP contribution in [0.25, 0.3) is 0 Å². The molecule has 2 aliphatic heterocycles. The molecule has 4 saturated carbocycles. The van der Waals surface area contributed by atoms with Crippen LogP contribution < -0.4 is 0 Å². The first-order valence-corrected chi connectivity index (χ1v) is 13.4. The molecule has 4 heteroatoms. The lowest BCUT2D eigenvalue weighted by Gasteiger charge is -2.61. The van der Waals surface area contributed by atoms with Crippen LogP contribution in [0.5, 0.6) is 0 Å². The van der Waals surface area contributed by atoms with Crippen molar-refractivity contribution in [3.8, 4) is 0 Å². The van der Waals surface area contributed by atoms with Crippen LogP contribution in [0, 0.1) is 40.4 Å². The molecule has 2 heterocycles. The van der Waals surface area contributed by atoms with E-state index in [9.17, 15) is 4.79 Å². The molecule has 0 amide bonds. The lowest BCUT2D eigenvalue weighted by Crippen LogP contribution is -2.56.